The molecule has 0 fully saturated rings. The fourth-order valence-corrected chi connectivity index (χ4v) is 0.666. The van der Waals surface area contributed by atoms with Crippen LogP contribution in [0.2, 0.25) is 0 Å². The Morgan fingerprint density at radius 3 is 2.67 bits per heavy atom. The molecule has 64 valence electrons. The second kappa shape index (κ2) is 2.99. The Labute approximate surface area is 67.6 Å². The van der Waals surface area contributed by atoms with E-state index in [4.69, 9.17) is 0 Å². The largest absolute Gasteiger partial charge is 0.417 e. The molecule has 0 unspecified atom stereocenters. The Morgan fingerprint density at radius 1 is 1.42 bits per heavy atom. The quantitative estimate of drug-likeness (QED) is 0.499. The summed E-state index contributed by atoms with van der Waals surface area (Å²) in [6, 6.07) is 0. The van der Waals surface area contributed by atoms with E-state index in [1.807, 2.05) is 0 Å². The predicted octanol–water partition coefficient (Wildman–Crippen LogP) is 2.62. The van der Waals surface area contributed by atoms with Gasteiger partial charge in [-0.25, -0.2) is 0 Å². The van der Waals surface area contributed by atoms with Crippen molar-refractivity contribution < 1.29 is 13.2 Å². The Morgan fingerprint density at radius 2 is 2.08 bits per heavy atom. The monoisotopic (exact) mass is 173 g/mol. The Hall–Kier alpha value is -1.28. The van der Waals surface area contributed by atoms with Crippen molar-refractivity contribution in [1.82, 2.24) is 0 Å². The van der Waals surface area contributed by atoms with Gasteiger partial charge in [0.25, 0.3) is 0 Å². The molecule has 0 spiro atoms. The van der Waals surface area contributed by atoms with Crippen LogP contribution in [0.5, 0.6) is 0 Å². The molecular formula is C8H6F3N. The van der Waals surface area contributed by atoms with Gasteiger partial charge in [-0.15, -0.1) is 0 Å². The fourth-order valence-electron chi connectivity index (χ4n) is 0.666. The molecule has 0 aliphatic carbocycles. The number of rotatable bonds is 0. The molecule has 0 atom stereocenters. The van der Waals surface area contributed by atoms with Gasteiger partial charge < -0.3 is 0 Å². The molecule has 0 saturated carbocycles. The molecule has 0 bridgehead atoms. The molecule has 1 aliphatic rings. The van der Waals surface area contributed by atoms with Gasteiger partial charge in [0.2, 0.25) is 0 Å². The van der Waals surface area contributed by atoms with Gasteiger partial charge in [-0.05, 0) is 19.1 Å². The minimum atomic E-state index is -4.33. The maximum atomic E-state index is 12.0. The van der Waals surface area contributed by atoms with E-state index < -0.39 is 11.7 Å². The molecule has 0 radical (unpaired) electrons. The van der Waals surface area contributed by atoms with Crippen molar-refractivity contribution in [2.24, 2.45) is 4.99 Å². The molecule has 0 aromatic rings. The van der Waals surface area contributed by atoms with Gasteiger partial charge in [-0.2, -0.15) is 13.2 Å². The third-order valence-corrected chi connectivity index (χ3v) is 1.28. The first kappa shape index (κ1) is 8.81. The number of allylic oxidation sites excluding steroid dienone is 3. The smallest absolute Gasteiger partial charge is 0.253 e. The van der Waals surface area contributed by atoms with Gasteiger partial charge >= 0.3 is 6.18 Å². The molecule has 0 amide bonds. The van der Waals surface area contributed by atoms with Gasteiger partial charge in [-0.1, -0.05) is 5.73 Å². The van der Waals surface area contributed by atoms with Crippen LogP contribution in [-0.4, -0.2) is 12.4 Å². The molecule has 1 aliphatic heterocycles. The number of hydrogen-bond donors (Lipinski definition) is 0. The summed E-state index contributed by atoms with van der Waals surface area (Å²) in [6.45, 7) is 1.58. The summed E-state index contributed by atoms with van der Waals surface area (Å²) in [5, 5.41) is 0. The fraction of sp³-hybridized carbons (Fsp3) is 0.250. The van der Waals surface area contributed by atoms with E-state index in [1.54, 1.807) is 6.92 Å². The molecular weight excluding hydrogens is 167 g/mol. The number of nitrogens with zero attached hydrogens (tertiary/aromatic N) is 1. The first-order chi connectivity index (χ1) is 5.50. The summed E-state index contributed by atoms with van der Waals surface area (Å²) in [7, 11) is 0. The van der Waals surface area contributed by atoms with Crippen LogP contribution < -0.4 is 0 Å². The average Bonchev–Trinajstić information content (AvgIpc) is 2.11. The van der Waals surface area contributed by atoms with Crippen molar-refractivity contribution >= 4 is 6.21 Å². The average molecular weight is 173 g/mol. The van der Waals surface area contributed by atoms with Gasteiger partial charge in [0.05, 0.1) is 11.3 Å². The second-order valence-corrected chi connectivity index (χ2v) is 2.27. The third-order valence-electron chi connectivity index (χ3n) is 1.28. The highest BCUT2D eigenvalue weighted by molar-refractivity contribution is 5.81. The highest BCUT2D eigenvalue weighted by atomic mass is 19.4. The Balaban J connectivity index is 2.96. The highest BCUT2D eigenvalue weighted by Gasteiger charge is 2.32. The summed E-state index contributed by atoms with van der Waals surface area (Å²) >= 11 is 0. The minimum absolute atomic E-state index is 0.436. The standard InChI is InChI=1S/C8H6F3N/c1-6-3-2-4-7(5-12-6)8(9,10)11/h2,4-5H,1H3. The molecule has 4 heteroatoms. The van der Waals surface area contributed by atoms with Crippen molar-refractivity contribution in [1.29, 1.82) is 0 Å². The van der Waals surface area contributed by atoms with Crippen molar-refractivity contribution in [2.45, 2.75) is 13.1 Å². The number of alkyl halides is 3. The van der Waals surface area contributed by atoms with Crippen LogP contribution in [0.1, 0.15) is 6.92 Å². The van der Waals surface area contributed by atoms with E-state index in [0.29, 0.717) is 5.70 Å². The van der Waals surface area contributed by atoms with Crippen molar-refractivity contribution in [3.63, 3.8) is 0 Å². The maximum Gasteiger partial charge on any atom is 0.417 e. The van der Waals surface area contributed by atoms with Crippen molar-refractivity contribution in [3.05, 3.63) is 29.2 Å². The van der Waals surface area contributed by atoms with E-state index in [0.717, 1.165) is 12.3 Å². The summed E-state index contributed by atoms with van der Waals surface area (Å²) in [5.41, 5.74) is 2.24. The Bertz CT molecular complexity index is 301. The summed E-state index contributed by atoms with van der Waals surface area (Å²) in [6.07, 6.45) is -1.37. The zero-order valence-corrected chi connectivity index (χ0v) is 6.31. The molecule has 12 heavy (non-hydrogen) atoms. The molecule has 0 saturated heterocycles. The zero-order chi connectivity index (χ0) is 9.19. The number of halogens is 3. The SMILES string of the molecule is CC1=C=CC=C(C(F)(F)F)C=N1. The summed E-state index contributed by atoms with van der Waals surface area (Å²) < 4.78 is 36.1. The lowest BCUT2D eigenvalue weighted by Gasteiger charge is -2.04. The number of aliphatic imine (C=N–C) groups is 1. The van der Waals surface area contributed by atoms with E-state index in [2.05, 4.69) is 10.7 Å². The predicted molar refractivity (Wildman–Crippen MR) is 39.9 cm³/mol. The molecule has 0 aromatic heterocycles. The van der Waals surface area contributed by atoms with Crippen LogP contribution in [0.4, 0.5) is 13.2 Å². The first-order valence-corrected chi connectivity index (χ1v) is 3.25. The van der Waals surface area contributed by atoms with E-state index in [9.17, 15) is 13.2 Å². The zero-order valence-electron chi connectivity index (χ0n) is 6.31. The van der Waals surface area contributed by atoms with Crippen LogP contribution >= 0.6 is 0 Å². The summed E-state index contributed by atoms with van der Waals surface area (Å²) in [5.74, 6) is 0. The van der Waals surface area contributed by atoms with Crippen LogP contribution in [0.15, 0.2) is 34.1 Å². The summed E-state index contributed by atoms with van der Waals surface area (Å²) in [4.78, 5) is 3.53. The Kier molecular flexibility index (Phi) is 2.20. The first-order valence-electron chi connectivity index (χ1n) is 3.25. The van der Waals surface area contributed by atoms with Crippen LogP contribution in [0, 0.1) is 0 Å². The number of hydrogen-bond acceptors (Lipinski definition) is 1. The lowest BCUT2D eigenvalue weighted by molar-refractivity contribution is -0.0855. The molecule has 1 heterocycles. The van der Waals surface area contributed by atoms with E-state index in [1.165, 1.54) is 6.08 Å². The highest BCUT2D eigenvalue weighted by Crippen LogP contribution is 2.24. The third kappa shape index (κ3) is 2.10. The second-order valence-electron chi connectivity index (χ2n) is 2.27. The van der Waals surface area contributed by atoms with E-state index in [-0.39, 0.29) is 0 Å². The minimum Gasteiger partial charge on any atom is -0.253 e. The van der Waals surface area contributed by atoms with Gasteiger partial charge in [0.1, 0.15) is 0 Å². The van der Waals surface area contributed by atoms with Crippen molar-refractivity contribution in [2.75, 3.05) is 0 Å². The van der Waals surface area contributed by atoms with Crippen LogP contribution in [0.25, 0.3) is 0 Å². The molecule has 1 rings (SSSR count). The lowest BCUT2D eigenvalue weighted by Crippen LogP contribution is -2.12. The van der Waals surface area contributed by atoms with Gasteiger partial charge in [-0.3, -0.25) is 4.99 Å². The molecule has 0 aromatic carbocycles. The lowest BCUT2D eigenvalue weighted by atomic mass is 10.2. The normalized spacial score (nSPS) is 17.0. The molecule has 1 nitrogen and oxygen atoms in total. The van der Waals surface area contributed by atoms with Gasteiger partial charge in [0, 0.05) is 6.21 Å². The maximum absolute atomic E-state index is 12.0. The topological polar surface area (TPSA) is 12.4 Å². The van der Waals surface area contributed by atoms with Gasteiger partial charge in [0.15, 0.2) is 0 Å². The van der Waals surface area contributed by atoms with Crippen LogP contribution in [-0.2, 0) is 0 Å². The van der Waals surface area contributed by atoms with Crippen molar-refractivity contribution in [3.8, 4) is 0 Å². The van der Waals surface area contributed by atoms with E-state index >= 15 is 0 Å². The molecule has 0 N–H and O–H groups in total. The van der Waals surface area contributed by atoms with Crippen LogP contribution in [0.3, 0.4) is 0 Å².